The molecule has 0 spiro atoms. The molecule has 126 valence electrons. The number of halogens is 1. The number of rotatable bonds is 4. The summed E-state index contributed by atoms with van der Waals surface area (Å²) in [5.41, 5.74) is 2.25. The Bertz CT molecular complexity index is 867. The standard InChI is InChI=1S/C19H16BrN3S2/c20-14-10-16(25-12-14)18-17(15-8-4-5-9-21-15)22-19(24)23(18)11-13-6-2-1-3-7-13/h1-10,12,17-18H,11H2,(H,22,24)/t17-,18-/m0/s1. The number of thiophene rings is 1. The molecule has 1 aliphatic rings. The number of nitrogens with zero attached hydrogens (tertiary/aromatic N) is 2. The molecule has 3 heterocycles. The summed E-state index contributed by atoms with van der Waals surface area (Å²) < 4.78 is 1.10. The topological polar surface area (TPSA) is 28.2 Å². The first-order chi connectivity index (χ1) is 12.2. The summed E-state index contributed by atoms with van der Waals surface area (Å²) in [6.07, 6.45) is 1.83. The lowest BCUT2D eigenvalue weighted by atomic mass is 10.0. The maximum Gasteiger partial charge on any atom is 0.170 e. The second kappa shape index (κ2) is 7.23. The molecule has 6 heteroatoms. The normalized spacial score (nSPS) is 19.9. The molecule has 25 heavy (non-hydrogen) atoms. The minimum absolute atomic E-state index is 0.0444. The van der Waals surface area contributed by atoms with Gasteiger partial charge in [0.1, 0.15) is 0 Å². The molecule has 2 aromatic heterocycles. The third kappa shape index (κ3) is 3.47. The number of hydrogen-bond donors (Lipinski definition) is 1. The van der Waals surface area contributed by atoms with Crippen LogP contribution in [0.4, 0.5) is 0 Å². The van der Waals surface area contributed by atoms with Gasteiger partial charge in [0.15, 0.2) is 5.11 Å². The number of hydrogen-bond acceptors (Lipinski definition) is 3. The van der Waals surface area contributed by atoms with E-state index < -0.39 is 0 Å². The highest BCUT2D eigenvalue weighted by molar-refractivity contribution is 9.10. The van der Waals surface area contributed by atoms with Crippen molar-refractivity contribution < 1.29 is 0 Å². The van der Waals surface area contributed by atoms with Gasteiger partial charge in [0.05, 0.1) is 17.8 Å². The van der Waals surface area contributed by atoms with Crippen LogP contribution in [0.5, 0.6) is 0 Å². The van der Waals surface area contributed by atoms with Crippen molar-refractivity contribution in [2.75, 3.05) is 0 Å². The average Bonchev–Trinajstić information content (AvgIpc) is 3.20. The van der Waals surface area contributed by atoms with Gasteiger partial charge in [-0.2, -0.15) is 0 Å². The predicted molar refractivity (Wildman–Crippen MR) is 109 cm³/mol. The fourth-order valence-electron chi connectivity index (χ4n) is 3.15. The van der Waals surface area contributed by atoms with Gasteiger partial charge in [0.2, 0.25) is 0 Å². The van der Waals surface area contributed by atoms with Gasteiger partial charge in [0.25, 0.3) is 0 Å². The van der Waals surface area contributed by atoms with Crippen LogP contribution in [-0.4, -0.2) is 15.0 Å². The highest BCUT2D eigenvalue weighted by Gasteiger charge is 2.40. The molecule has 1 aromatic carbocycles. The summed E-state index contributed by atoms with van der Waals surface area (Å²) in [5.74, 6) is 0. The molecular weight excluding hydrogens is 414 g/mol. The number of nitrogens with one attached hydrogen (secondary N) is 1. The second-order valence-electron chi connectivity index (χ2n) is 5.91. The molecule has 0 bridgehead atoms. The molecular formula is C19H16BrN3S2. The Kier molecular flexibility index (Phi) is 4.83. The lowest BCUT2D eigenvalue weighted by Crippen LogP contribution is -2.28. The van der Waals surface area contributed by atoms with Gasteiger partial charge in [-0.25, -0.2) is 0 Å². The summed E-state index contributed by atoms with van der Waals surface area (Å²) in [7, 11) is 0. The van der Waals surface area contributed by atoms with Gasteiger partial charge < -0.3 is 10.2 Å². The molecule has 0 saturated carbocycles. The van der Waals surface area contributed by atoms with Crippen molar-refractivity contribution >= 4 is 44.6 Å². The van der Waals surface area contributed by atoms with Crippen molar-refractivity contribution in [2.24, 2.45) is 0 Å². The number of pyridine rings is 1. The van der Waals surface area contributed by atoms with Gasteiger partial charge in [-0.05, 0) is 51.9 Å². The van der Waals surface area contributed by atoms with Crippen LogP contribution in [0.15, 0.2) is 70.6 Å². The van der Waals surface area contributed by atoms with Crippen molar-refractivity contribution in [3.63, 3.8) is 0 Å². The zero-order chi connectivity index (χ0) is 17.2. The highest BCUT2D eigenvalue weighted by Crippen LogP contribution is 2.42. The summed E-state index contributed by atoms with van der Waals surface area (Å²) >= 11 is 11.0. The molecule has 0 aliphatic carbocycles. The Morgan fingerprint density at radius 1 is 1.16 bits per heavy atom. The van der Waals surface area contributed by atoms with E-state index in [9.17, 15) is 0 Å². The van der Waals surface area contributed by atoms with Crippen LogP contribution in [0, 0.1) is 0 Å². The lowest BCUT2D eigenvalue weighted by molar-refractivity contribution is 0.315. The monoisotopic (exact) mass is 429 g/mol. The molecule has 0 amide bonds. The Morgan fingerprint density at radius 3 is 2.64 bits per heavy atom. The molecule has 1 fully saturated rings. The summed E-state index contributed by atoms with van der Waals surface area (Å²) in [4.78, 5) is 8.10. The van der Waals surface area contributed by atoms with Gasteiger partial charge in [-0.3, -0.25) is 4.98 Å². The Hall–Kier alpha value is -1.76. The van der Waals surface area contributed by atoms with E-state index in [1.165, 1.54) is 10.4 Å². The Balaban J connectivity index is 1.72. The first kappa shape index (κ1) is 16.7. The first-order valence-electron chi connectivity index (χ1n) is 7.98. The average molecular weight is 430 g/mol. The van der Waals surface area contributed by atoms with Gasteiger partial charge in [0, 0.05) is 27.5 Å². The number of thiocarbonyl (C=S) groups is 1. The van der Waals surface area contributed by atoms with E-state index in [0.29, 0.717) is 0 Å². The van der Waals surface area contributed by atoms with Crippen molar-refractivity contribution in [1.82, 2.24) is 15.2 Å². The van der Waals surface area contributed by atoms with Crippen LogP contribution in [0.1, 0.15) is 28.2 Å². The molecule has 0 unspecified atom stereocenters. The van der Waals surface area contributed by atoms with Crippen molar-refractivity contribution in [3.8, 4) is 0 Å². The molecule has 1 saturated heterocycles. The van der Waals surface area contributed by atoms with Crippen LogP contribution in [-0.2, 0) is 6.54 Å². The zero-order valence-corrected chi connectivity index (χ0v) is 16.5. The largest absolute Gasteiger partial charge is 0.352 e. The van der Waals surface area contributed by atoms with Crippen LogP contribution < -0.4 is 5.32 Å². The summed E-state index contributed by atoms with van der Waals surface area (Å²) in [6.45, 7) is 0.774. The van der Waals surface area contributed by atoms with Gasteiger partial charge in [-0.1, -0.05) is 36.4 Å². The predicted octanol–water partition coefficient (Wildman–Crippen LogP) is 5.08. The zero-order valence-electron chi connectivity index (χ0n) is 13.3. The Labute approximate surface area is 164 Å². The van der Waals surface area contributed by atoms with Crippen molar-refractivity contribution in [2.45, 2.75) is 18.6 Å². The van der Waals surface area contributed by atoms with E-state index >= 15 is 0 Å². The summed E-state index contributed by atoms with van der Waals surface area (Å²) in [6, 6.07) is 18.8. The fourth-order valence-corrected chi connectivity index (χ4v) is 5.05. The molecule has 1 aliphatic heterocycles. The van der Waals surface area contributed by atoms with E-state index in [1.807, 2.05) is 24.4 Å². The van der Waals surface area contributed by atoms with E-state index in [1.54, 1.807) is 11.3 Å². The van der Waals surface area contributed by atoms with E-state index in [2.05, 4.69) is 72.9 Å². The van der Waals surface area contributed by atoms with Crippen molar-refractivity contribution in [1.29, 1.82) is 0 Å². The number of benzene rings is 1. The van der Waals surface area contributed by atoms with E-state index in [4.69, 9.17) is 12.2 Å². The lowest BCUT2D eigenvalue weighted by Gasteiger charge is -2.26. The fraction of sp³-hybridized carbons (Fsp3) is 0.158. The van der Waals surface area contributed by atoms with Crippen LogP contribution >= 0.6 is 39.5 Å². The first-order valence-corrected chi connectivity index (χ1v) is 10.1. The van der Waals surface area contributed by atoms with E-state index in [-0.39, 0.29) is 12.1 Å². The van der Waals surface area contributed by atoms with Crippen LogP contribution in [0.25, 0.3) is 0 Å². The SMILES string of the molecule is S=C1N[C@@H](c2ccccn2)[C@H](c2cc(Br)cs2)N1Cc1ccccc1. The van der Waals surface area contributed by atoms with Crippen LogP contribution in [0.2, 0.25) is 0 Å². The van der Waals surface area contributed by atoms with E-state index in [0.717, 1.165) is 21.8 Å². The minimum Gasteiger partial charge on any atom is -0.352 e. The molecule has 0 radical (unpaired) electrons. The minimum atomic E-state index is 0.0444. The van der Waals surface area contributed by atoms with Crippen LogP contribution in [0.3, 0.4) is 0 Å². The molecule has 3 aromatic rings. The molecule has 4 rings (SSSR count). The second-order valence-corrected chi connectivity index (χ2v) is 8.15. The quantitative estimate of drug-likeness (QED) is 0.585. The highest BCUT2D eigenvalue weighted by atomic mass is 79.9. The van der Waals surface area contributed by atoms with Gasteiger partial charge >= 0.3 is 0 Å². The maximum absolute atomic E-state index is 5.68. The van der Waals surface area contributed by atoms with Crippen molar-refractivity contribution in [3.05, 3.63) is 86.8 Å². The summed E-state index contributed by atoms with van der Waals surface area (Å²) in [5, 5.41) is 6.37. The third-order valence-corrected chi connectivity index (χ3v) is 6.39. The molecule has 3 nitrogen and oxygen atoms in total. The smallest absolute Gasteiger partial charge is 0.170 e. The molecule has 2 atom stereocenters. The third-order valence-electron chi connectivity index (χ3n) is 4.27. The molecule has 1 N–H and O–H groups in total. The number of aromatic nitrogens is 1. The maximum atomic E-state index is 5.68. The Morgan fingerprint density at radius 2 is 1.96 bits per heavy atom. The van der Waals surface area contributed by atoms with Gasteiger partial charge in [-0.15, -0.1) is 11.3 Å².